The fourth-order valence-corrected chi connectivity index (χ4v) is 5.60. The van der Waals surface area contributed by atoms with Gasteiger partial charge in [-0.05, 0) is 106 Å². The number of nitrogens with one attached hydrogen (secondary N) is 2. The van der Waals surface area contributed by atoms with Crippen LogP contribution in [-0.4, -0.2) is 109 Å². The quantitative estimate of drug-likeness (QED) is 0.249. The van der Waals surface area contributed by atoms with Gasteiger partial charge in [0.2, 0.25) is 11.8 Å². The lowest BCUT2D eigenvalue weighted by Gasteiger charge is -2.36. The van der Waals surface area contributed by atoms with Gasteiger partial charge in [-0.3, -0.25) is 9.59 Å². The summed E-state index contributed by atoms with van der Waals surface area (Å²) in [6, 6.07) is 5.74. The highest BCUT2D eigenvalue weighted by Crippen LogP contribution is 2.33. The molecule has 4 atom stereocenters. The summed E-state index contributed by atoms with van der Waals surface area (Å²) in [6.07, 6.45) is -3.69. The SMILES string of the molecule is C[C@@H]1C[C@@H](NC(=O)C(C)(C)COc2ncccc2OC(F)(F)F)CCN1C.C[C@H]1C[C@H](NC(=O)C(C)(C)COc2ncccc2OC(F)(F)F)CCN1C. The van der Waals surface area contributed by atoms with E-state index in [1.807, 2.05) is 14.1 Å². The van der Waals surface area contributed by atoms with E-state index in [4.69, 9.17) is 9.47 Å². The van der Waals surface area contributed by atoms with Crippen molar-refractivity contribution in [1.29, 1.82) is 0 Å². The van der Waals surface area contributed by atoms with Crippen molar-refractivity contribution in [3.63, 3.8) is 0 Å². The normalized spacial score (nSPS) is 21.6. The topological polar surface area (TPSA) is 127 Å². The summed E-state index contributed by atoms with van der Waals surface area (Å²) in [7, 11) is 4.10. The number of ether oxygens (including phenoxy) is 4. The van der Waals surface area contributed by atoms with Gasteiger partial charge in [0.1, 0.15) is 13.2 Å². The molecule has 304 valence electrons. The van der Waals surface area contributed by atoms with Crippen LogP contribution in [-0.2, 0) is 9.59 Å². The van der Waals surface area contributed by atoms with Crippen LogP contribution in [0.5, 0.6) is 23.3 Å². The van der Waals surface area contributed by atoms with Crippen LogP contribution in [0.15, 0.2) is 36.7 Å². The molecule has 2 N–H and O–H groups in total. The van der Waals surface area contributed by atoms with Gasteiger partial charge < -0.3 is 39.4 Å². The molecule has 12 nitrogen and oxygen atoms in total. The molecule has 0 radical (unpaired) electrons. The Morgan fingerprint density at radius 2 is 1.06 bits per heavy atom. The minimum atomic E-state index is -4.85. The van der Waals surface area contributed by atoms with Gasteiger partial charge in [-0.25, -0.2) is 9.97 Å². The molecule has 0 aromatic carbocycles. The van der Waals surface area contributed by atoms with Gasteiger partial charge in [0.25, 0.3) is 11.8 Å². The standard InChI is InChI=1S/2C18H26F3N3O3/c2*1-12-10-13(7-9-24(12)4)23-16(25)17(2,3)11-26-15-14(6-5-8-22-15)27-18(19,20)21/h2*5-6,8,12-13H,7,9-11H2,1-4H3,(H,23,25)/t2*12-,13+/m10/s1. The van der Waals surface area contributed by atoms with Gasteiger partial charge in [-0.2, -0.15) is 0 Å². The predicted molar refractivity (Wildman–Crippen MR) is 187 cm³/mol. The maximum Gasteiger partial charge on any atom is 0.573 e. The Bertz CT molecular complexity index is 1420. The van der Waals surface area contributed by atoms with Crippen molar-refractivity contribution in [3.05, 3.63) is 36.7 Å². The maximum atomic E-state index is 12.6. The summed E-state index contributed by atoms with van der Waals surface area (Å²) >= 11 is 0. The zero-order valence-electron chi connectivity index (χ0n) is 31.9. The first-order valence-corrected chi connectivity index (χ1v) is 17.7. The average molecular weight is 779 g/mol. The molecule has 4 heterocycles. The Balaban J connectivity index is 0.000000290. The van der Waals surface area contributed by atoms with Gasteiger partial charge in [-0.15, -0.1) is 26.3 Å². The van der Waals surface area contributed by atoms with Gasteiger partial charge in [0, 0.05) is 49.7 Å². The number of aromatic nitrogens is 2. The number of halogens is 6. The summed E-state index contributed by atoms with van der Waals surface area (Å²) in [5.74, 6) is -2.10. The number of hydrogen-bond donors (Lipinski definition) is 2. The van der Waals surface area contributed by atoms with E-state index in [2.05, 4.69) is 53.7 Å². The van der Waals surface area contributed by atoms with Crippen molar-refractivity contribution in [1.82, 2.24) is 30.4 Å². The monoisotopic (exact) mass is 778 g/mol. The second-order valence-electron chi connectivity index (χ2n) is 15.1. The van der Waals surface area contributed by atoms with Gasteiger partial charge in [-0.1, -0.05) is 0 Å². The number of nitrogens with zero attached hydrogens (tertiary/aromatic N) is 4. The van der Waals surface area contributed by atoms with E-state index >= 15 is 0 Å². The van der Waals surface area contributed by atoms with E-state index in [0.717, 1.165) is 50.9 Å². The minimum absolute atomic E-state index is 0.0712. The molecule has 4 rings (SSSR count). The number of carbonyl (C=O) groups excluding carboxylic acids is 2. The molecule has 2 amide bonds. The van der Waals surface area contributed by atoms with Crippen molar-refractivity contribution in [2.75, 3.05) is 40.4 Å². The number of hydrogen-bond acceptors (Lipinski definition) is 10. The number of likely N-dealkylation sites (tertiary alicyclic amines) is 2. The fraction of sp³-hybridized carbons (Fsp3) is 0.667. The van der Waals surface area contributed by atoms with Crippen LogP contribution in [0.25, 0.3) is 0 Å². The van der Waals surface area contributed by atoms with E-state index < -0.39 is 35.1 Å². The van der Waals surface area contributed by atoms with Gasteiger partial charge in [0.15, 0.2) is 11.5 Å². The van der Waals surface area contributed by atoms with Crippen LogP contribution in [0.4, 0.5) is 26.3 Å². The summed E-state index contributed by atoms with van der Waals surface area (Å²) in [5.41, 5.74) is -1.89. The van der Waals surface area contributed by atoms with Gasteiger partial charge in [0.05, 0.1) is 10.8 Å². The Kier molecular flexibility index (Phi) is 15.2. The Morgan fingerprint density at radius 3 is 1.37 bits per heavy atom. The van der Waals surface area contributed by atoms with Crippen molar-refractivity contribution in [3.8, 4) is 23.3 Å². The highest BCUT2D eigenvalue weighted by Gasteiger charge is 2.37. The molecule has 0 aliphatic carbocycles. The third kappa shape index (κ3) is 14.3. The minimum Gasteiger partial charge on any atom is -0.474 e. The van der Waals surface area contributed by atoms with Crippen molar-refractivity contribution < 1.29 is 54.9 Å². The number of piperidine rings is 2. The van der Waals surface area contributed by atoms with E-state index in [0.29, 0.717) is 12.1 Å². The summed E-state index contributed by atoms with van der Waals surface area (Å²) in [4.78, 5) is 37.3. The predicted octanol–water partition coefficient (Wildman–Crippen LogP) is 5.97. The van der Waals surface area contributed by atoms with Crippen LogP contribution < -0.4 is 29.6 Å². The Hall–Kier alpha value is -4.06. The zero-order valence-corrected chi connectivity index (χ0v) is 31.9. The molecule has 0 bridgehead atoms. The second-order valence-corrected chi connectivity index (χ2v) is 15.1. The Morgan fingerprint density at radius 1 is 0.704 bits per heavy atom. The lowest BCUT2D eigenvalue weighted by Crippen LogP contribution is -2.51. The molecule has 2 aromatic rings. The van der Waals surface area contributed by atoms with E-state index in [-0.39, 0.29) is 48.9 Å². The molecule has 54 heavy (non-hydrogen) atoms. The highest BCUT2D eigenvalue weighted by molar-refractivity contribution is 5.82. The largest absolute Gasteiger partial charge is 0.573 e. The van der Waals surface area contributed by atoms with Gasteiger partial charge >= 0.3 is 12.7 Å². The zero-order chi connectivity index (χ0) is 40.5. The number of amides is 2. The van der Waals surface area contributed by atoms with Crippen molar-refractivity contribution >= 4 is 11.8 Å². The van der Waals surface area contributed by atoms with Crippen molar-refractivity contribution in [2.45, 2.75) is 104 Å². The molecule has 0 saturated carbocycles. The molecule has 2 fully saturated rings. The molecule has 2 aliphatic heterocycles. The van der Waals surface area contributed by atoms with E-state index in [9.17, 15) is 35.9 Å². The lowest BCUT2D eigenvalue weighted by atomic mass is 9.91. The summed E-state index contributed by atoms with van der Waals surface area (Å²) in [5, 5.41) is 6.04. The Labute approximate surface area is 312 Å². The second kappa shape index (κ2) is 18.5. The van der Waals surface area contributed by atoms with E-state index in [1.165, 1.54) is 24.5 Å². The molecule has 18 heteroatoms. The lowest BCUT2D eigenvalue weighted by molar-refractivity contribution is -0.276. The summed E-state index contributed by atoms with van der Waals surface area (Å²) in [6.45, 7) is 12.4. The molecule has 2 saturated heterocycles. The first-order valence-electron chi connectivity index (χ1n) is 17.7. The molecule has 0 unspecified atom stereocenters. The van der Waals surface area contributed by atoms with Crippen LogP contribution in [0, 0.1) is 10.8 Å². The van der Waals surface area contributed by atoms with Crippen LogP contribution in [0.2, 0.25) is 0 Å². The highest BCUT2D eigenvalue weighted by atomic mass is 19.4. The fourth-order valence-electron chi connectivity index (χ4n) is 5.60. The molecule has 2 aliphatic rings. The average Bonchev–Trinajstić information content (AvgIpc) is 3.06. The number of rotatable bonds is 12. The number of alkyl halides is 6. The molecule has 2 aromatic heterocycles. The first-order chi connectivity index (χ1) is 25.0. The van der Waals surface area contributed by atoms with Crippen LogP contribution in [0.1, 0.15) is 67.2 Å². The molecule has 0 spiro atoms. The third-order valence-corrected chi connectivity index (χ3v) is 9.38. The van der Waals surface area contributed by atoms with E-state index in [1.54, 1.807) is 27.7 Å². The smallest absolute Gasteiger partial charge is 0.474 e. The summed E-state index contributed by atoms with van der Waals surface area (Å²) < 4.78 is 93.4. The molecular formula is C36H52F6N6O6. The third-order valence-electron chi connectivity index (χ3n) is 9.38. The first kappa shape index (κ1) is 44.3. The number of pyridine rings is 2. The van der Waals surface area contributed by atoms with Crippen LogP contribution in [0.3, 0.4) is 0 Å². The molecular weight excluding hydrogens is 726 g/mol. The van der Waals surface area contributed by atoms with Crippen molar-refractivity contribution in [2.24, 2.45) is 10.8 Å². The van der Waals surface area contributed by atoms with Crippen LogP contribution >= 0.6 is 0 Å². The maximum absolute atomic E-state index is 12.6. The number of carbonyl (C=O) groups is 2.